The maximum atomic E-state index is 12.4. The van der Waals surface area contributed by atoms with Crippen molar-refractivity contribution < 1.29 is 22.3 Å². The van der Waals surface area contributed by atoms with Crippen LogP contribution in [0, 0.1) is 0 Å². The van der Waals surface area contributed by atoms with Crippen LogP contribution in [0.15, 0.2) is 24.3 Å². The van der Waals surface area contributed by atoms with E-state index >= 15 is 0 Å². The summed E-state index contributed by atoms with van der Waals surface area (Å²) in [6.45, 7) is -1.09. The lowest BCUT2D eigenvalue weighted by molar-refractivity contribution is -0.187. The number of hydrogen-bond donors (Lipinski definition) is 1. The fourth-order valence-electron chi connectivity index (χ4n) is 0.869. The fourth-order valence-corrected chi connectivity index (χ4v) is 0.869. The standard InChI is InChI=1S/C9H9F4NO/c10-8(9(11,12)13)5-15-7-4-2-1-3-6(7)14/h1-4,8H,5,14H2/t8-/m1/s1. The average Bonchev–Trinajstić information content (AvgIpc) is 2.14. The highest BCUT2D eigenvalue weighted by molar-refractivity contribution is 5.51. The first-order valence-corrected chi connectivity index (χ1v) is 4.09. The van der Waals surface area contributed by atoms with E-state index in [1.165, 1.54) is 18.2 Å². The van der Waals surface area contributed by atoms with Crippen LogP contribution >= 0.6 is 0 Å². The largest absolute Gasteiger partial charge is 0.488 e. The Morgan fingerprint density at radius 2 is 1.87 bits per heavy atom. The van der Waals surface area contributed by atoms with Gasteiger partial charge in [-0.3, -0.25) is 0 Å². The molecular formula is C9H9F4NO. The summed E-state index contributed by atoms with van der Waals surface area (Å²) in [7, 11) is 0. The van der Waals surface area contributed by atoms with E-state index in [-0.39, 0.29) is 11.4 Å². The molecule has 1 aromatic rings. The molecule has 84 valence electrons. The number of nitrogens with two attached hydrogens (primary N) is 1. The average molecular weight is 223 g/mol. The highest BCUT2D eigenvalue weighted by Gasteiger charge is 2.40. The van der Waals surface area contributed by atoms with Gasteiger partial charge in [0.2, 0.25) is 6.17 Å². The van der Waals surface area contributed by atoms with Crippen LogP contribution in [0.25, 0.3) is 0 Å². The molecule has 0 heterocycles. The number of benzene rings is 1. The molecule has 0 aromatic heterocycles. The van der Waals surface area contributed by atoms with E-state index in [1.807, 2.05) is 0 Å². The zero-order valence-electron chi connectivity index (χ0n) is 7.59. The van der Waals surface area contributed by atoms with Crippen LogP contribution in [0.5, 0.6) is 5.75 Å². The van der Waals surface area contributed by atoms with Crippen molar-refractivity contribution in [3.63, 3.8) is 0 Å². The van der Waals surface area contributed by atoms with Crippen molar-refractivity contribution in [1.29, 1.82) is 0 Å². The second kappa shape index (κ2) is 4.37. The molecule has 0 unspecified atom stereocenters. The third kappa shape index (κ3) is 3.30. The topological polar surface area (TPSA) is 35.2 Å². The third-order valence-corrected chi connectivity index (χ3v) is 1.66. The van der Waals surface area contributed by atoms with Gasteiger partial charge in [0, 0.05) is 0 Å². The van der Waals surface area contributed by atoms with Crippen LogP contribution in [0.3, 0.4) is 0 Å². The van der Waals surface area contributed by atoms with Crippen molar-refractivity contribution in [2.24, 2.45) is 0 Å². The zero-order chi connectivity index (χ0) is 11.5. The Morgan fingerprint density at radius 1 is 1.27 bits per heavy atom. The van der Waals surface area contributed by atoms with E-state index in [4.69, 9.17) is 5.73 Å². The molecule has 0 aliphatic heterocycles. The molecular weight excluding hydrogens is 214 g/mol. The molecule has 2 N–H and O–H groups in total. The van der Waals surface area contributed by atoms with Gasteiger partial charge in [-0.15, -0.1) is 0 Å². The highest BCUT2D eigenvalue weighted by Crippen LogP contribution is 2.25. The van der Waals surface area contributed by atoms with Gasteiger partial charge in [-0.05, 0) is 12.1 Å². The van der Waals surface area contributed by atoms with Crippen LogP contribution in [0.1, 0.15) is 0 Å². The van der Waals surface area contributed by atoms with Gasteiger partial charge in [0.05, 0.1) is 5.69 Å². The molecule has 0 radical (unpaired) electrons. The van der Waals surface area contributed by atoms with Gasteiger partial charge in [-0.25, -0.2) is 4.39 Å². The van der Waals surface area contributed by atoms with Crippen LogP contribution in [0.4, 0.5) is 23.2 Å². The molecule has 1 aromatic carbocycles. The third-order valence-electron chi connectivity index (χ3n) is 1.66. The molecule has 1 atom stereocenters. The van der Waals surface area contributed by atoms with Crippen LogP contribution in [-0.4, -0.2) is 19.0 Å². The van der Waals surface area contributed by atoms with Gasteiger partial charge in [0.1, 0.15) is 12.4 Å². The van der Waals surface area contributed by atoms with Crippen molar-refractivity contribution in [1.82, 2.24) is 0 Å². The molecule has 0 amide bonds. The summed E-state index contributed by atoms with van der Waals surface area (Å²) in [5, 5.41) is 0. The van der Waals surface area contributed by atoms with Gasteiger partial charge in [0.15, 0.2) is 0 Å². The fraction of sp³-hybridized carbons (Fsp3) is 0.333. The molecule has 0 spiro atoms. The van der Waals surface area contributed by atoms with Crippen molar-refractivity contribution in [3.05, 3.63) is 24.3 Å². The van der Waals surface area contributed by atoms with Gasteiger partial charge in [-0.2, -0.15) is 13.2 Å². The Bertz CT molecular complexity index is 326. The lowest BCUT2D eigenvalue weighted by atomic mass is 10.3. The van der Waals surface area contributed by atoms with Crippen molar-refractivity contribution in [2.75, 3.05) is 12.3 Å². The number of para-hydroxylation sites is 2. The number of anilines is 1. The van der Waals surface area contributed by atoms with E-state index in [9.17, 15) is 17.6 Å². The van der Waals surface area contributed by atoms with Gasteiger partial charge >= 0.3 is 6.18 Å². The summed E-state index contributed by atoms with van der Waals surface area (Å²) in [5.74, 6) is 0.0457. The summed E-state index contributed by atoms with van der Waals surface area (Å²) in [6.07, 6.45) is -7.90. The van der Waals surface area contributed by atoms with E-state index in [2.05, 4.69) is 4.74 Å². The second-order valence-corrected chi connectivity index (χ2v) is 2.86. The lowest BCUT2D eigenvalue weighted by Gasteiger charge is -2.14. The predicted octanol–water partition coefficient (Wildman–Crippen LogP) is 2.55. The molecule has 0 saturated heterocycles. The Kier molecular flexibility index (Phi) is 3.39. The highest BCUT2D eigenvalue weighted by atomic mass is 19.4. The number of nitrogen functional groups attached to an aromatic ring is 1. The maximum Gasteiger partial charge on any atom is 0.423 e. The van der Waals surface area contributed by atoms with Crippen molar-refractivity contribution >= 4 is 5.69 Å². The quantitative estimate of drug-likeness (QED) is 0.631. The van der Waals surface area contributed by atoms with Gasteiger partial charge in [-0.1, -0.05) is 12.1 Å². The molecule has 15 heavy (non-hydrogen) atoms. The summed E-state index contributed by atoms with van der Waals surface area (Å²) in [5.41, 5.74) is 5.56. The monoisotopic (exact) mass is 223 g/mol. The van der Waals surface area contributed by atoms with Crippen LogP contribution in [-0.2, 0) is 0 Å². The molecule has 0 bridgehead atoms. The molecule has 6 heteroatoms. The Hall–Kier alpha value is -1.46. The molecule has 1 rings (SSSR count). The van der Waals surface area contributed by atoms with E-state index < -0.39 is 19.0 Å². The predicted molar refractivity (Wildman–Crippen MR) is 47.3 cm³/mol. The number of hydrogen-bond acceptors (Lipinski definition) is 2. The number of alkyl halides is 4. The van der Waals surface area contributed by atoms with Gasteiger partial charge in [0.25, 0.3) is 0 Å². The summed E-state index contributed by atoms with van der Waals surface area (Å²) >= 11 is 0. The molecule has 0 aliphatic carbocycles. The zero-order valence-corrected chi connectivity index (χ0v) is 7.59. The number of ether oxygens (including phenoxy) is 1. The number of halogens is 4. The molecule has 0 saturated carbocycles. The van der Waals surface area contributed by atoms with E-state index in [0.29, 0.717) is 0 Å². The minimum Gasteiger partial charge on any atom is -0.488 e. The van der Waals surface area contributed by atoms with E-state index in [1.54, 1.807) is 6.07 Å². The van der Waals surface area contributed by atoms with Crippen LogP contribution in [0.2, 0.25) is 0 Å². The smallest absolute Gasteiger partial charge is 0.423 e. The minimum atomic E-state index is -4.90. The first-order valence-electron chi connectivity index (χ1n) is 4.09. The molecule has 0 fully saturated rings. The maximum absolute atomic E-state index is 12.4. The Morgan fingerprint density at radius 3 is 2.40 bits per heavy atom. The van der Waals surface area contributed by atoms with Gasteiger partial charge < -0.3 is 10.5 Å². The van der Waals surface area contributed by atoms with E-state index in [0.717, 1.165) is 0 Å². The SMILES string of the molecule is Nc1ccccc1OC[C@@H](F)C(F)(F)F. The Balaban J connectivity index is 2.55. The van der Waals surface area contributed by atoms with Crippen LogP contribution < -0.4 is 10.5 Å². The Labute approximate surface area is 83.6 Å². The molecule has 2 nitrogen and oxygen atoms in total. The summed E-state index contributed by atoms with van der Waals surface area (Å²) in [6, 6.07) is 5.96. The number of rotatable bonds is 3. The first kappa shape index (κ1) is 11.6. The minimum absolute atomic E-state index is 0.0457. The lowest BCUT2D eigenvalue weighted by Crippen LogP contribution is -2.30. The second-order valence-electron chi connectivity index (χ2n) is 2.86. The summed E-state index contributed by atoms with van der Waals surface area (Å²) in [4.78, 5) is 0. The normalized spacial score (nSPS) is 13.6. The molecule has 0 aliphatic rings. The first-order chi connectivity index (χ1) is 6.91. The van der Waals surface area contributed by atoms with Crippen molar-refractivity contribution in [2.45, 2.75) is 12.3 Å². The summed E-state index contributed by atoms with van der Waals surface area (Å²) < 4.78 is 52.3. The van der Waals surface area contributed by atoms with Crippen molar-refractivity contribution in [3.8, 4) is 5.75 Å².